The zero-order valence-corrected chi connectivity index (χ0v) is 19.4. The Balaban J connectivity index is 1.47. The second-order valence-corrected chi connectivity index (χ2v) is 10.5. The van der Waals surface area contributed by atoms with E-state index in [2.05, 4.69) is 15.7 Å². The van der Waals surface area contributed by atoms with Gasteiger partial charge >= 0.3 is 0 Å². The maximum absolute atomic E-state index is 11.6. The summed E-state index contributed by atoms with van der Waals surface area (Å²) in [6.45, 7) is 2.59. The second kappa shape index (κ2) is 11.3. The standard InChI is InChI=1S/C23H31ClN2O4S/c1-25-31(28,29)17-20-7-9-23(10-8-20)30-16-22(27)15-26(14-19-5-6-19)12-11-18-3-2-4-21(24)13-18/h2-4,7-10,13,19,22,25,27H,5-6,11-12,14-17H2,1H3/t22-/m0/s1. The molecule has 0 bridgehead atoms. The Kier molecular flexibility index (Phi) is 8.75. The summed E-state index contributed by atoms with van der Waals surface area (Å²) in [6, 6.07) is 14.8. The van der Waals surface area contributed by atoms with Crippen molar-refractivity contribution in [1.29, 1.82) is 0 Å². The number of ether oxygens (including phenoxy) is 1. The minimum atomic E-state index is -3.30. The Morgan fingerprint density at radius 3 is 2.58 bits per heavy atom. The number of nitrogens with zero attached hydrogens (tertiary/aromatic N) is 1. The number of nitrogens with one attached hydrogen (secondary N) is 1. The van der Waals surface area contributed by atoms with Crippen molar-refractivity contribution < 1.29 is 18.3 Å². The summed E-state index contributed by atoms with van der Waals surface area (Å²) >= 11 is 6.08. The second-order valence-electron chi connectivity index (χ2n) is 8.15. The topological polar surface area (TPSA) is 78.9 Å². The molecule has 170 valence electrons. The lowest BCUT2D eigenvalue weighted by Gasteiger charge is -2.25. The van der Waals surface area contributed by atoms with E-state index in [4.69, 9.17) is 16.3 Å². The molecule has 0 heterocycles. The predicted octanol–water partition coefficient (Wildman–Crippen LogP) is 3.08. The lowest BCUT2D eigenvalue weighted by atomic mass is 10.1. The molecular formula is C23H31ClN2O4S. The minimum Gasteiger partial charge on any atom is -0.491 e. The Hall–Kier alpha value is -1.64. The first-order valence-corrected chi connectivity index (χ1v) is 12.6. The van der Waals surface area contributed by atoms with E-state index in [1.165, 1.54) is 25.5 Å². The van der Waals surface area contributed by atoms with Crippen LogP contribution in [0, 0.1) is 5.92 Å². The maximum atomic E-state index is 11.6. The predicted molar refractivity (Wildman–Crippen MR) is 124 cm³/mol. The zero-order valence-electron chi connectivity index (χ0n) is 17.8. The Morgan fingerprint density at radius 1 is 1.19 bits per heavy atom. The van der Waals surface area contributed by atoms with Crippen molar-refractivity contribution >= 4 is 21.6 Å². The lowest BCUT2D eigenvalue weighted by molar-refractivity contribution is 0.0669. The first-order chi connectivity index (χ1) is 14.8. The number of halogens is 1. The van der Waals surface area contributed by atoms with Crippen molar-refractivity contribution in [2.45, 2.75) is 31.1 Å². The van der Waals surface area contributed by atoms with Crippen LogP contribution in [0.15, 0.2) is 48.5 Å². The fraction of sp³-hybridized carbons (Fsp3) is 0.478. The highest BCUT2D eigenvalue weighted by Crippen LogP contribution is 2.30. The van der Waals surface area contributed by atoms with Crippen LogP contribution in [0.2, 0.25) is 5.02 Å². The van der Waals surface area contributed by atoms with Gasteiger partial charge in [-0.25, -0.2) is 13.1 Å². The van der Waals surface area contributed by atoms with Crippen molar-refractivity contribution in [3.63, 3.8) is 0 Å². The van der Waals surface area contributed by atoms with Gasteiger partial charge in [0.05, 0.1) is 5.75 Å². The molecule has 2 aromatic carbocycles. The number of aliphatic hydroxyl groups excluding tert-OH is 1. The summed E-state index contributed by atoms with van der Waals surface area (Å²) in [4.78, 5) is 2.30. The van der Waals surface area contributed by atoms with Gasteiger partial charge in [-0.1, -0.05) is 35.9 Å². The largest absolute Gasteiger partial charge is 0.491 e. The van der Waals surface area contributed by atoms with Gasteiger partial charge in [0.25, 0.3) is 0 Å². The first-order valence-electron chi connectivity index (χ1n) is 10.6. The van der Waals surface area contributed by atoms with Crippen LogP contribution in [0.1, 0.15) is 24.0 Å². The van der Waals surface area contributed by atoms with Gasteiger partial charge in [-0.15, -0.1) is 0 Å². The van der Waals surface area contributed by atoms with E-state index in [1.54, 1.807) is 24.3 Å². The van der Waals surface area contributed by atoms with Crippen molar-refractivity contribution in [3.05, 3.63) is 64.7 Å². The Morgan fingerprint density at radius 2 is 1.94 bits per heavy atom. The highest BCUT2D eigenvalue weighted by atomic mass is 35.5. The SMILES string of the molecule is CNS(=O)(=O)Cc1ccc(OC[C@@H](O)CN(CCc2cccc(Cl)c2)CC2CC2)cc1. The zero-order chi connectivity index (χ0) is 22.3. The normalized spacial score (nSPS) is 15.2. The van der Waals surface area contributed by atoms with E-state index in [-0.39, 0.29) is 12.4 Å². The average molecular weight is 467 g/mol. The molecule has 0 saturated heterocycles. The average Bonchev–Trinajstić information content (AvgIpc) is 3.55. The fourth-order valence-corrected chi connectivity index (χ4v) is 4.41. The molecule has 8 heteroatoms. The summed E-state index contributed by atoms with van der Waals surface area (Å²) in [5, 5.41) is 11.3. The molecule has 6 nitrogen and oxygen atoms in total. The van der Waals surface area contributed by atoms with E-state index in [1.807, 2.05) is 18.2 Å². The molecule has 2 aromatic rings. The van der Waals surface area contributed by atoms with Crippen LogP contribution in [0.25, 0.3) is 0 Å². The summed E-state index contributed by atoms with van der Waals surface area (Å²) in [7, 11) is -1.90. The smallest absolute Gasteiger partial charge is 0.215 e. The van der Waals surface area contributed by atoms with Crippen LogP contribution >= 0.6 is 11.6 Å². The van der Waals surface area contributed by atoms with Crippen LogP contribution in [0.4, 0.5) is 0 Å². The van der Waals surface area contributed by atoms with Gasteiger partial charge in [-0.05, 0) is 67.6 Å². The Bertz CT molecular complexity index is 933. The summed E-state index contributed by atoms with van der Waals surface area (Å²) in [5.74, 6) is 1.26. The third-order valence-corrected chi connectivity index (χ3v) is 6.89. The molecule has 0 radical (unpaired) electrons. The molecule has 0 spiro atoms. The monoisotopic (exact) mass is 466 g/mol. The van der Waals surface area contributed by atoms with Gasteiger partial charge in [-0.2, -0.15) is 0 Å². The van der Waals surface area contributed by atoms with Gasteiger partial charge < -0.3 is 14.7 Å². The highest BCUT2D eigenvalue weighted by Gasteiger charge is 2.25. The Labute approximate surface area is 190 Å². The molecule has 0 amide bonds. The van der Waals surface area contributed by atoms with Crippen LogP contribution in [-0.4, -0.2) is 57.8 Å². The molecule has 1 atom stereocenters. The quantitative estimate of drug-likeness (QED) is 0.474. The number of sulfonamides is 1. The first kappa shape index (κ1) is 24.0. The van der Waals surface area contributed by atoms with Gasteiger partial charge in [0, 0.05) is 24.7 Å². The number of hydrogen-bond donors (Lipinski definition) is 2. The van der Waals surface area contributed by atoms with Crippen LogP contribution in [0.3, 0.4) is 0 Å². The van der Waals surface area contributed by atoms with Gasteiger partial charge in [0.15, 0.2) is 0 Å². The molecule has 3 rings (SSSR count). The molecule has 31 heavy (non-hydrogen) atoms. The maximum Gasteiger partial charge on any atom is 0.215 e. The summed E-state index contributed by atoms with van der Waals surface area (Å²) in [6.07, 6.45) is 2.80. The fourth-order valence-electron chi connectivity index (χ4n) is 3.42. The molecule has 2 N–H and O–H groups in total. The van der Waals surface area contributed by atoms with Crippen LogP contribution < -0.4 is 9.46 Å². The number of aliphatic hydroxyl groups is 1. The third kappa shape index (κ3) is 8.79. The third-order valence-electron chi connectivity index (χ3n) is 5.32. The summed E-state index contributed by atoms with van der Waals surface area (Å²) < 4.78 is 31.3. The number of benzene rings is 2. The van der Waals surface area contributed by atoms with E-state index < -0.39 is 16.1 Å². The van der Waals surface area contributed by atoms with Gasteiger partial charge in [0.2, 0.25) is 10.0 Å². The van der Waals surface area contributed by atoms with E-state index in [0.717, 1.165) is 30.5 Å². The van der Waals surface area contributed by atoms with Gasteiger partial charge in [0.1, 0.15) is 18.5 Å². The van der Waals surface area contributed by atoms with Crippen molar-refractivity contribution in [3.8, 4) is 5.75 Å². The molecule has 0 unspecified atom stereocenters. The minimum absolute atomic E-state index is 0.0742. The van der Waals surface area contributed by atoms with Crippen molar-refractivity contribution in [2.24, 2.45) is 5.92 Å². The molecular weight excluding hydrogens is 436 g/mol. The van der Waals surface area contributed by atoms with Crippen LogP contribution in [-0.2, 0) is 22.2 Å². The molecule has 1 aliphatic rings. The number of hydrogen-bond acceptors (Lipinski definition) is 5. The molecule has 1 saturated carbocycles. The van der Waals surface area contributed by atoms with Crippen molar-refractivity contribution in [2.75, 3.05) is 33.3 Å². The van der Waals surface area contributed by atoms with Crippen LogP contribution in [0.5, 0.6) is 5.75 Å². The summed E-state index contributed by atoms with van der Waals surface area (Å²) in [5.41, 5.74) is 1.87. The van der Waals surface area contributed by atoms with E-state index >= 15 is 0 Å². The lowest BCUT2D eigenvalue weighted by Crippen LogP contribution is -2.38. The molecule has 0 aromatic heterocycles. The van der Waals surface area contributed by atoms with E-state index in [0.29, 0.717) is 17.9 Å². The highest BCUT2D eigenvalue weighted by molar-refractivity contribution is 7.88. The molecule has 0 aliphatic heterocycles. The van der Waals surface area contributed by atoms with E-state index in [9.17, 15) is 13.5 Å². The molecule has 1 aliphatic carbocycles. The van der Waals surface area contributed by atoms with Crippen molar-refractivity contribution in [1.82, 2.24) is 9.62 Å². The van der Waals surface area contributed by atoms with Gasteiger partial charge in [-0.3, -0.25) is 0 Å². The molecule has 1 fully saturated rings. The number of rotatable bonds is 13.